The standard InChI is InChI=1S/C12H9BrClN3/c13-12-11(16)5-9(6-15)17(12)7-8-3-1-2-4-10(8)14/h1-5H,7,16H2. The second-order valence-corrected chi connectivity index (χ2v) is 4.72. The van der Waals surface area contributed by atoms with Gasteiger partial charge in [0.1, 0.15) is 16.4 Å². The van der Waals surface area contributed by atoms with Gasteiger partial charge in [-0.3, -0.25) is 0 Å². The Morgan fingerprint density at radius 1 is 1.41 bits per heavy atom. The van der Waals surface area contributed by atoms with Crippen LogP contribution in [0.25, 0.3) is 0 Å². The first-order chi connectivity index (χ1) is 8.13. The summed E-state index contributed by atoms with van der Waals surface area (Å²) in [5.74, 6) is 0. The lowest BCUT2D eigenvalue weighted by Gasteiger charge is -2.08. The number of hydrogen-bond donors (Lipinski definition) is 1. The molecule has 0 unspecified atom stereocenters. The topological polar surface area (TPSA) is 54.7 Å². The van der Waals surface area contributed by atoms with Crippen molar-refractivity contribution in [3.63, 3.8) is 0 Å². The number of halogens is 2. The summed E-state index contributed by atoms with van der Waals surface area (Å²) in [5, 5.41) is 9.70. The van der Waals surface area contributed by atoms with E-state index < -0.39 is 0 Å². The summed E-state index contributed by atoms with van der Waals surface area (Å²) in [4.78, 5) is 0. The Labute approximate surface area is 113 Å². The fraction of sp³-hybridized carbons (Fsp3) is 0.0833. The van der Waals surface area contributed by atoms with E-state index in [-0.39, 0.29) is 0 Å². The van der Waals surface area contributed by atoms with Gasteiger partial charge < -0.3 is 10.3 Å². The summed E-state index contributed by atoms with van der Waals surface area (Å²) in [6.45, 7) is 0.514. The Bertz CT molecular complexity index is 598. The molecular weight excluding hydrogens is 302 g/mol. The van der Waals surface area contributed by atoms with E-state index >= 15 is 0 Å². The highest BCUT2D eigenvalue weighted by Gasteiger charge is 2.11. The molecule has 0 fully saturated rings. The highest BCUT2D eigenvalue weighted by atomic mass is 79.9. The Kier molecular flexibility index (Phi) is 3.41. The van der Waals surface area contributed by atoms with E-state index in [1.807, 2.05) is 24.3 Å². The molecule has 1 heterocycles. The van der Waals surface area contributed by atoms with Gasteiger partial charge in [-0.15, -0.1) is 0 Å². The van der Waals surface area contributed by atoms with Crippen LogP contribution in [0.4, 0.5) is 5.69 Å². The zero-order valence-electron chi connectivity index (χ0n) is 8.82. The van der Waals surface area contributed by atoms with Crippen molar-refractivity contribution in [1.82, 2.24) is 4.57 Å². The molecule has 3 nitrogen and oxygen atoms in total. The molecule has 0 saturated heterocycles. The van der Waals surface area contributed by atoms with Crippen LogP contribution in [0.5, 0.6) is 0 Å². The van der Waals surface area contributed by atoms with Crippen molar-refractivity contribution in [1.29, 1.82) is 5.26 Å². The first-order valence-corrected chi connectivity index (χ1v) is 6.08. The normalized spacial score (nSPS) is 10.2. The molecule has 1 aromatic carbocycles. The Hall–Kier alpha value is -1.44. The maximum atomic E-state index is 9.02. The van der Waals surface area contributed by atoms with E-state index in [4.69, 9.17) is 22.6 Å². The van der Waals surface area contributed by atoms with Gasteiger partial charge in [-0.2, -0.15) is 5.26 Å². The first kappa shape index (κ1) is 12.0. The Morgan fingerprint density at radius 3 is 2.76 bits per heavy atom. The first-order valence-electron chi connectivity index (χ1n) is 4.91. The summed E-state index contributed by atoms with van der Waals surface area (Å²) >= 11 is 9.45. The third kappa shape index (κ3) is 2.31. The third-order valence-electron chi connectivity index (χ3n) is 2.46. The molecule has 0 radical (unpaired) electrons. The number of nitrogen functional groups attached to an aromatic ring is 1. The minimum atomic E-state index is 0.509. The third-order valence-corrected chi connectivity index (χ3v) is 3.71. The number of aromatic nitrogens is 1. The van der Waals surface area contributed by atoms with Gasteiger partial charge in [-0.25, -0.2) is 0 Å². The minimum absolute atomic E-state index is 0.509. The van der Waals surface area contributed by atoms with E-state index in [9.17, 15) is 0 Å². The fourth-order valence-electron chi connectivity index (χ4n) is 1.59. The van der Waals surface area contributed by atoms with E-state index in [1.54, 1.807) is 10.6 Å². The summed E-state index contributed by atoms with van der Waals surface area (Å²) < 4.78 is 2.49. The fourth-order valence-corrected chi connectivity index (χ4v) is 2.22. The van der Waals surface area contributed by atoms with Crippen molar-refractivity contribution in [2.45, 2.75) is 6.54 Å². The smallest absolute Gasteiger partial charge is 0.123 e. The van der Waals surface area contributed by atoms with Crippen molar-refractivity contribution in [3.8, 4) is 6.07 Å². The molecule has 2 N–H and O–H groups in total. The van der Waals surface area contributed by atoms with Gasteiger partial charge in [0.2, 0.25) is 0 Å². The average molecular weight is 311 g/mol. The quantitative estimate of drug-likeness (QED) is 0.924. The lowest BCUT2D eigenvalue weighted by atomic mass is 10.2. The largest absolute Gasteiger partial charge is 0.397 e. The molecule has 86 valence electrons. The van der Waals surface area contributed by atoms with Gasteiger partial charge in [-0.05, 0) is 33.6 Å². The van der Waals surface area contributed by atoms with Gasteiger partial charge in [0.25, 0.3) is 0 Å². The summed E-state index contributed by atoms with van der Waals surface area (Å²) in [5.41, 5.74) is 7.76. The molecule has 2 aromatic rings. The summed E-state index contributed by atoms with van der Waals surface area (Å²) in [7, 11) is 0. The molecule has 0 spiro atoms. The van der Waals surface area contributed by atoms with Crippen molar-refractivity contribution < 1.29 is 0 Å². The van der Waals surface area contributed by atoms with Crippen LogP contribution in [-0.2, 0) is 6.54 Å². The zero-order valence-corrected chi connectivity index (χ0v) is 11.2. The van der Waals surface area contributed by atoms with Gasteiger partial charge in [-0.1, -0.05) is 29.8 Å². The van der Waals surface area contributed by atoms with E-state index in [1.165, 1.54) is 0 Å². The van der Waals surface area contributed by atoms with Crippen LogP contribution < -0.4 is 5.73 Å². The second-order valence-electron chi connectivity index (χ2n) is 3.57. The highest BCUT2D eigenvalue weighted by Crippen LogP contribution is 2.26. The molecule has 0 amide bonds. The van der Waals surface area contributed by atoms with Gasteiger partial charge >= 0.3 is 0 Å². The Morgan fingerprint density at radius 2 is 2.12 bits per heavy atom. The van der Waals surface area contributed by atoms with Crippen LogP contribution in [0.2, 0.25) is 5.02 Å². The van der Waals surface area contributed by atoms with Crippen molar-refractivity contribution in [2.75, 3.05) is 5.73 Å². The monoisotopic (exact) mass is 309 g/mol. The van der Waals surface area contributed by atoms with Gasteiger partial charge in [0, 0.05) is 5.02 Å². The molecular formula is C12H9BrClN3. The zero-order chi connectivity index (χ0) is 12.4. The number of rotatable bonds is 2. The van der Waals surface area contributed by atoms with Crippen molar-refractivity contribution in [2.24, 2.45) is 0 Å². The molecule has 0 aliphatic carbocycles. The van der Waals surface area contributed by atoms with Crippen LogP contribution in [-0.4, -0.2) is 4.57 Å². The lowest BCUT2D eigenvalue weighted by molar-refractivity contribution is 0.776. The number of anilines is 1. The van der Waals surface area contributed by atoms with E-state index in [2.05, 4.69) is 22.0 Å². The molecule has 0 atom stereocenters. The number of benzene rings is 1. The van der Waals surface area contributed by atoms with E-state index in [0.717, 1.165) is 5.56 Å². The van der Waals surface area contributed by atoms with Crippen molar-refractivity contribution in [3.05, 3.63) is 51.2 Å². The SMILES string of the molecule is N#Cc1cc(N)c(Br)n1Cc1ccccc1Cl. The molecule has 5 heteroatoms. The molecule has 0 saturated carbocycles. The van der Waals surface area contributed by atoms with Crippen molar-refractivity contribution >= 4 is 33.2 Å². The van der Waals surface area contributed by atoms with Crippen LogP contribution in [0.3, 0.4) is 0 Å². The second kappa shape index (κ2) is 4.82. The van der Waals surface area contributed by atoms with Crippen LogP contribution in [0.15, 0.2) is 34.9 Å². The maximum absolute atomic E-state index is 9.02. The number of nitrogens with two attached hydrogens (primary N) is 1. The molecule has 0 aliphatic rings. The summed E-state index contributed by atoms with van der Waals surface area (Å²) in [6, 6.07) is 11.3. The number of hydrogen-bond acceptors (Lipinski definition) is 2. The minimum Gasteiger partial charge on any atom is -0.397 e. The number of nitrogens with zero attached hydrogens (tertiary/aromatic N) is 2. The van der Waals surface area contributed by atoms with Gasteiger partial charge in [0.15, 0.2) is 0 Å². The predicted molar refractivity (Wildman–Crippen MR) is 71.8 cm³/mol. The molecule has 0 aliphatic heterocycles. The highest BCUT2D eigenvalue weighted by molar-refractivity contribution is 9.10. The Balaban J connectivity index is 2.44. The van der Waals surface area contributed by atoms with E-state index in [0.29, 0.717) is 27.6 Å². The van der Waals surface area contributed by atoms with Crippen LogP contribution >= 0.6 is 27.5 Å². The summed E-state index contributed by atoms with van der Waals surface area (Å²) in [6.07, 6.45) is 0. The molecule has 17 heavy (non-hydrogen) atoms. The van der Waals surface area contributed by atoms with Crippen LogP contribution in [0, 0.1) is 11.3 Å². The molecule has 0 bridgehead atoms. The predicted octanol–water partition coefficient (Wildman–Crippen LogP) is 3.41. The van der Waals surface area contributed by atoms with Crippen LogP contribution in [0.1, 0.15) is 11.3 Å². The van der Waals surface area contributed by atoms with Gasteiger partial charge in [0.05, 0.1) is 12.2 Å². The molecule has 1 aromatic heterocycles. The maximum Gasteiger partial charge on any atom is 0.123 e. The molecule has 2 rings (SSSR count). The lowest BCUT2D eigenvalue weighted by Crippen LogP contribution is -2.03. The number of nitriles is 1. The average Bonchev–Trinajstić information content (AvgIpc) is 2.59.